The minimum absolute atomic E-state index is 0.0317. The van der Waals surface area contributed by atoms with Gasteiger partial charge >= 0.3 is 0 Å². The number of hydrogen-bond acceptors (Lipinski definition) is 3. The van der Waals surface area contributed by atoms with E-state index < -0.39 is 0 Å². The number of carbonyl (C=O) groups excluding carboxylic acids is 1. The summed E-state index contributed by atoms with van der Waals surface area (Å²) in [5, 5.41) is 1.77. The van der Waals surface area contributed by atoms with Gasteiger partial charge in [-0.1, -0.05) is 35.9 Å². The molecule has 1 amide bonds. The highest BCUT2D eigenvalue weighted by Gasteiger charge is 2.29. The monoisotopic (exact) mass is 433 g/mol. The number of aryl methyl sites for hydroxylation is 1. The third-order valence-electron chi connectivity index (χ3n) is 5.91. The smallest absolute Gasteiger partial charge is 0.270 e. The third-order valence-corrected chi connectivity index (χ3v) is 6.14. The highest BCUT2D eigenvalue weighted by Crippen LogP contribution is 2.29. The van der Waals surface area contributed by atoms with Crippen LogP contribution in [0.3, 0.4) is 0 Å². The van der Waals surface area contributed by atoms with E-state index in [0.29, 0.717) is 29.6 Å². The zero-order valence-electron chi connectivity index (χ0n) is 17.4. The van der Waals surface area contributed by atoms with Crippen LogP contribution in [0.2, 0.25) is 5.02 Å². The normalized spacial score (nSPS) is 16.7. The van der Waals surface area contributed by atoms with Crippen LogP contribution in [0.5, 0.6) is 0 Å². The highest BCUT2D eigenvalue weighted by atomic mass is 35.5. The predicted molar refractivity (Wildman–Crippen MR) is 122 cm³/mol. The number of fused-ring (bicyclic) bond motifs is 1. The lowest BCUT2D eigenvalue weighted by Crippen LogP contribution is -2.39. The molecule has 0 radical (unpaired) electrons. The second kappa shape index (κ2) is 8.23. The first-order valence-electron chi connectivity index (χ1n) is 10.6. The molecule has 0 unspecified atom stereocenters. The van der Waals surface area contributed by atoms with Crippen molar-refractivity contribution >= 4 is 28.4 Å². The Morgan fingerprint density at radius 1 is 1.26 bits per heavy atom. The second-order valence-corrected chi connectivity index (χ2v) is 8.77. The number of oxazole rings is 1. The van der Waals surface area contributed by atoms with Gasteiger partial charge < -0.3 is 14.3 Å². The van der Waals surface area contributed by atoms with Crippen molar-refractivity contribution in [2.45, 2.75) is 32.1 Å². The van der Waals surface area contributed by atoms with Gasteiger partial charge in [-0.3, -0.25) is 4.79 Å². The Kier molecular flexibility index (Phi) is 5.28. The molecule has 1 N–H and O–H groups in total. The van der Waals surface area contributed by atoms with Crippen molar-refractivity contribution in [1.82, 2.24) is 14.9 Å². The topological polar surface area (TPSA) is 62.1 Å². The predicted octanol–water partition coefficient (Wildman–Crippen LogP) is 5.73. The Bertz CT molecular complexity index is 1240. The maximum absolute atomic E-state index is 13.1. The van der Waals surface area contributed by atoms with Crippen molar-refractivity contribution in [1.29, 1.82) is 0 Å². The maximum Gasteiger partial charge on any atom is 0.270 e. The van der Waals surface area contributed by atoms with Gasteiger partial charge in [0.2, 0.25) is 0 Å². The van der Waals surface area contributed by atoms with E-state index in [1.807, 2.05) is 48.2 Å². The van der Waals surface area contributed by atoms with Gasteiger partial charge in [0, 0.05) is 35.4 Å². The van der Waals surface area contributed by atoms with Gasteiger partial charge in [0.25, 0.3) is 5.91 Å². The lowest BCUT2D eigenvalue weighted by molar-refractivity contribution is 0.0693. The number of nitrogens with one attached hydrogen (secondary N) is 1. The summed E-state index contributed by atoms with van der Waals surface area (Å²) < 4.78 is 6.06. The van der Waals surface area contributed by atoms with Crippen molar-refractivity contribution in [3.8, 4) is 0 Å². The molecule has 31 heavy (non-hydrogen) atoms. The Morgan fingerprint density at radius 2 is 2.16 bits per heavy atom. The van der Waals surface area contributed by atoms with Gasteiger partial charge in [-0.2, -0.15) is 0 Å². The van der Waals surface area contributed by atoms with E-state index in [1.54, 1.807) is 6.20 Å². The van der Waals surface area contributed by atoms with Gasteiger partial charge in [0.1, 0.15) is 11.5 Å². The van der Waals surface area contributed by atoms with E-state index in [4.69, 9.17) is 16.0 Å². The molecule has 1 aliphatic rings. The molecule has 1 saturated heterocycles. The fraction of sp³-hybridized carbons (Fsp3) is 0.280. The number of hydrogen-bond donors (Lipinski definition) is 1. The van der Waals surface area contributed by atoms with Crippen LogP contribution in [-0.4, -0.2) is 33.9 Å². The zero-order valence-corrected chi connectivity index (χ0v) is 18.2. The maximum atomic E-state index is 13.1. The lowest BCUT2D eigenvalue weighted by Gasteiger charge is -2.31. The van der Waals surface area contributed by atoms with Crippen LogP contribution in [0.25, 0.3) is 10.9 Å². The van der Waals surface area contributed by atoms with Crippen LogP contribution >= 0.6 is 11.6 Å². The average Bonchev–Trinajstić information content (AvgIpc) is 3.40. The van der Waals surface area contributed by atoms with Crippen LogP contribution in [0, 0.1) is 6.92 Å². The number of H-pyrrole nitrogens is 1. The lowest BCUT2D eigenvalue weighted by atomic mass is 9.97. The molecule has 6 heteroatoms. The fourth-order valence-corrected chi connectivity index (χ4v) is 4.54. The van der Waals surface area contributed by atoms with Gasteiger partial charge in [-0.15, -0.1) is 0 Å². The summed E-state index contributed by atoms with van der Waals surface area (Å²) in [6.45, 7) is 3.41. The number of nitrogens with zero attached hydrogens (tertiary/aromatic N) is 2. The molecule has 0 aliphatic carbocycles. The summed E-state index contributed by atoms with van der Waals surface area (Å²) in [5.74, 6) is 1.66. The van der Waals surface area contributed by atoms with E-state index in [9.17, 15) is 4.79 Å². The molecule has 2 aromatic carbocycles. The number of aromatic amines is 1. The number of aromatic nitrogens is 2. The third kappa shape index (κ3) is 4.23. The number of rotatable bonds is 4. The number of likely N-dealkylation sites (tertiary alicyclic amines) is 1. The van der Waals surface area contributed by atoms with Gasteiger partial charge in [-0.25, -0.2) is 4.98 Å². The zero-order chi connectivity index (χ0) is 21.4. The molecule has 0 spiro atoms. The molecule has 1 atom stereocenters. The van der Waals surface area contributed by atoms with E-state index in [1.165, 1.54) is 5.56 Å². The van der Waals surface area contributed by atoms with Crippen molar-refractivity contribution in [2.24, 2.45) is 0 Å². The molecule has 4 aromatic rings. The van der Waals surface area contributed by atoms with E-state index in [0.717, 1.165) is 41.6 Å². The van der Waals surface area contributed by atoms with Crippen LogP contribution in [0.4, 0.5) is 0 Å². The number of piperidine rings is 1. The summed E-state index contributed by atoms with van der Waals surface area (Å²) in [7, 11) is 0. The van der Waals surface area contributed by atoms with Gasteiger partial charge in [0.15, 0.2) is 5.89 Å². The van der Waals surface area contributed by atoms with Crippen LogP contribution in [0.1, 0.15) is 52.0 Å². The first kappa shape index (κ1) is 19.9. The summed E-state index contributed by atoms with van der Waals surface area (Å²) >= 11 is 6.08. The number of benzene rings is 2. The number of carbonyl (C=O) groups is 1. The molecule has 1 aliphatic heterocycles. The summed E-state index contributed by atoms with van der Waals surface area (Å²) in [5.41, 5.74) is 3.89. The Balaban J connectivity index is 1.29. The molecule has 5 nitrogen and oxygen atoms in total. The molecule has 1 fully saturated rings. The second-order valence-electron chi connectivity index (χ2n) is 8.34. The highest BCUT2D eigenvalue weighted by molar-refractivity contribution is 6.30. The number of amides is 1. The molecule has 0 saturated carbocycles. The molecule has 0 bridgehead atoms. The molecule has 3 heterocycles. The van der Waals surface area contributed by atoms with Crippen LogP contribution < -0.4 is 0 Å². The standard InChI is InChI=1S/C25H24ClN3O2/c1-16-7-8-18-13-23(28-22(18)10-16)25(30)29-9-3-5-19(15-29)24-27-14-21(31-24)12-17-4-2-6-20(26)11-17/h2,4,6-8,10-11,13-14,19,28H,3,5,9,12,15H2,1H3/t19-/m0/s1. The van der Waals surface area contributed by atoms with E-state index in [-0.39, 0.29) is 11.8 Å². The fourth-order valence-electron chi connectivity index (χ4n) is 4.33. The van der Waals surface area contributed by atoms with Crippen molar-refractivity contribution in [3.63, 3.8) is 0 Å². The minimum atomic E-state index is 0.0317. The summed E-state index contributed by atoms with van der Waals surface area (Å²) in [4.78, 5) is 22.9. The van der Waals surface area contributed by atoms with Crippen molar-refractivity contribution < 1.29 is 9.21 Å². The van der Waals surface area contributed by atoms with Gasteiger partial charge in [-0.05, 0) is 55.2 Å². The van der Waals surface area contributed by atoms with Crippen LogP contribution in [0.15, 0.2) is 59.1 Å². The summed E-state index contributed by atoms with van der Waals surface area (Å²) in [6.07, 6.45) is 4.34. The largest absolute Gasteiger partial charge is 0.445 e. The van der Waals surface area contributed by atoms with E-state index >= 15 is 0 Å². The summed E-state index contributed by atoms with van der Waals surface area (Å²) in [6, 6.07) is 15.9. The quantitative estimate of drug-likeness (QED) is 0.447. The first-order chi connectivity index (χ1) is 15.0. The van der Waals surface area contributed by atoms with Crippen molar-refractivity contribution in [3.05, 3.63) is 88.2 Å². The molecular formula is C25H24ClN3O2. The van der Waals surface area contributed by atoms with Crippen molar-refractivity contribution in [2.75, 3.05) is 13.1 Å². The van der Waals surface area contributed by atoms with Crippen LogP contribution in [-0.2, 0) is 6.42 Å². The SMILES string of the molecule is Cc1ccc2cc(C(=O)N3CCC[C@H](c4ncc(Cc5cccc(Cl)c5)o4)C3)[nH]c2c1. The Labute approximate surface area is 186 Å². The molecule has 2 aromatic heterocycles. The molecule has 5 rings (SSSR count). The Hall–Kier alpha value is -3.05. The molecule has 158 valence electrons. The average molecular weight is 434 g/mol. The molecular weight excluding hydrogens is 410 g/mol. The number of halogens is 1. The van der Waals surface area contributed by atoms with E-state index in [2.05, 4.69) is 22.1 Å². The van der Waals surface area contributed by atoms with Gasteiger partial charge in [0.05, 0.1) is 12.1 Å². The minimum Gasteiger partial charge on any atom is -0.445 e. The first-order valence-corrected chi connectivity index (χ1v) is 11.0. The Morgan fingerprint density at radius 3 is 3.03 bits per heavy atom.